The Morgan fingerprint density at radius 2 is 2.00 bits per heavy atom. The zero-order valence-corrected chi connectivity index (χ0v) is 12.5. The highest BCUT2D eigenvalue weighted by Crippen LogP contribution is 2.20. The molecule has 0 bridgehead atoms. The zero-order chi connectivity index (χ0) is 13.0. The summed E-state index contributed by atoms with van der Waals surface area (Å²) in [5.41, 5.74) is 0. The Kier molecular flexibility index (Phi) is 5.32. The summed E-state index contributed by atoms with van der Waals surface area (Å²) in [6.07, 6.45) is 2.28. The van der Waals surface area contributed by atoms with Crippen molar-refractivity contribution in [3.05, 3.63) is 0 Å². The van der Waals surface area contributed by atoms with Crippen LogP contribution in [-0.2, 0) is 14.8 Å². The largest absolute Gasteiger partial charge is 0.379 e. The van der Waals surface area contributed by atoms with Crippen molar-refractivity contribution >= 4 is 21.8 Å². The molecule has 0 aromatic heterocycles. The van der Waals surface area contributed by atoms with Crippen molar-refractivity contribution < 1.29 is 13.2 Å². The number of morpholine rings is 1. The molecule has 2 aliphatic heterocycles. The van der Waals surface area contributed by atoms with Gasteiger partial charge in [-0.15, -0.1) is 0 Å². The molecular weight excluding hydrogens is 272 g/mol. The van der Waals surface area contributed by atoms with Crippen molar-refractivity contribution in [1.82, 2.24) is 9.21 Å². The highest BCUT2D eigenvalue weighted by molar-refractivity contribution is 7.99. The van der Waals surface area contributed by atoms with E-state index in [2.05, 4.69) is 4.90 Å². The van der Waals surface area contributed by atoms with Crippen molar-refractivity contribution in [2.45, 2.75) is 12.5 Å². The Morgan fingerprint density at radius 1 is 1.28 bits per heavy atom. The van der Waals surface area contributed by atoms with E-state index in [1.807, 2.05) is 11.8 Å². The molecular formula is C11H22N2O3S2. The maximum atomic E-state index is 11.9. The van der Waals surface area contributed by atoms with Gasteiger partial charge >= 0.3 is 0 Å². The van der Waals surface area contributed by atoms with Crippen LogP contribution in [0.2, 0.25) is 0 Å². The van der Waals surface area contributed by atoms with Crippen LogP contribution in [-0.4, -0.2) is 80.8 Å². The average Bonchev–Trinajstić information content (AvgIpc) is 2.55. The van der Waals surface area contributed by atoms with Crippen LogP contribution in [0.5, 0.6) is 0 Å². The summed E-state index contributed by atoms with van der Waals surface area (Å²) in [4.78, 5) is 2.32. The third kappa shape index (κ3) is 4.09. The molecule has 0 saturated carbocycles. The minimum absolute atomic E-state index is 0.116. The zero-order valence-electron chi connectivity index (χ0n) is 10.9. The van der Waals surface area contributed by atoms with Gasteiger partial charge < -0.3 is 4.74 Å². The van der Waals surface area contributed by atoms with Crippen LogP contribution in [0.4, 0.5) is 0 Å². The Balaban J connectivity index is 2.01. The molecule has 0 spiro atoms. The van der Waals surface area contributed by atoms with Crippen LogP contribution in [0.3, 0.4) is 0 Å². The van der Waals surface area contributed by atoms with Gasteiger partial charge in [-0.2, -0.15) is 16.1 Å². The minimum atomic E-state index is -3.09. The molecule has 0 aliphatic carbocycles. The lowest BCUT2D eigenvalue weighted by Gasteiger charge is -2.34. The van der Waals surface area contributed by atoms with E-state index in [0.29, 0.717) is 6.54 Å². The van der Waals surface area contributed by atoms with Crippen LogP contribution in [0, 0.1) is 0 Å². The van der Waals surface area contributed by atoms with Crippen molar-refractivity contribution in [3.63, 3.8) is 0 Å². The summed E-state index contributed by atoms with van der Waals surface area (Å²) in [7, 11) is -3.09. The standard InChI is InChI=1S/C11H22N2O3S2/c1-18(14,15)13-3-2-8-17-10-11(13)9-12-4-6-16-7-5-12/h11H,2-10H2,1H3/t11-/m0/s1. The van der Waals surface area contributed by atoms with E-state index in [1.54, 1.807) is 4.31 Å². The molecule has 18 heavy (non-hydrogen) atoms. The van der Waals surface area contributed by atoms with Crippen LogP contribution in [0.15, 0.2) is 0 Å². The molecule has 0 amide bonds. The molecule has 0 radical (unpaired) electrons. The third-order valence-electron chi connectivity index (χ3n) is 3.38. The van der Waals surface area contributed by atoms with Gasteiger partial charge in [0, 0.05) is 38.0 Å². The summed E-state index contributed by atoms with van der Waals surface area (Å²) in [6.45, 7) is 4.86. The summed E-state index contributed by atoms with van der Waals surface area (Å²) >= 11 is 1.87. The predicted molar refractivity (Wildman–Crippen MR) is 74.5 cm³/mol. The fourth-order valence-electron chi connectivity index (χ4n) is 2.47. The van der Waals surface area contributed by atoms with E-state index in [9.17, 15) is 8.42 Å². The highest BCUT2D eigenvalue weighted by Gasteiger charge is 2.30. The van der Waals surface area contributed by atoms with Crippen molar-refractivity contribution in [2.75, 3.05) is 57.2 Å². The average molecular weight is 294 g/mol. The van der Waals surface area contributed by atoms with E-state index in [-0.39, 0.29) is 6.04 Å². The number of hydrogen-bond acceptors (Lipinski definition) is 5. The fourth-order valence-corrected chi connectivity index (χ4v) is 4.76. The summed E-state index contributed by atoms with van der Waals surface area (Å²) in [6, 6.07) is 0.116. The van der Waals surface area contributed by atoms with E-state index >= 15 is 0 Å². The molecule has 7 heteroatoms. The van der Waals surface area contributed by atoms with Crippen molar-refractivity contribution in [3.8, 4) is 0 Å². The summed E-state index contributed by atoms with van der Waals surface area (Å²) < 4.78 is 30.8. The minimum Gasteiger partial charge on any atom is -0.379 e. The first-order valence-corrected chi connectivity index (χ1v) is 9.42. The first-order chi connectivity index (χ1) is 8.57. The van der Waals surface area contributed by atoms with Gasteiger partial charge in [0.15, 0.2) is 0 Å². The number of sulfonamides is 1. The van der Waals surface area contributed by atoms with Gasteiger partial charge in [0.1, 0.15) is 0 Å². The quantitative estimate of drug-likeness (QED) is 0.738. The Hall–Kier alpha value is 0.180. The second-order valence-corrected chi connectivity index (χ2v) is 7.95. The molecule has 2 rings (SSSR count). The van der Waals surface area contributed by atoms with E-state index in [4.69, 9.17) is 4.74 Å². The van der Waals surface area contributed by atoms with Gasteiger partial charge in [-0.1, -0.05) is 0 Å². The van der Waals surface area contributed by atoms with Gasteiger partial charge in [-0.05, 0) is 12.2 Å². The first-order valence-electron chi connectivity index (χ1n) is 6.42. The molecule has 106 valence electrons. The van der Waals surface area contributed by atoms with Crippen LogP contribution in [0.25, 0.3) is 0 Å². The number of rotatable bonds is 3. The monoisotopic (exact) mass is 294 g/mol. The summed E-state index contributed by atoms with van der Waals surface area (Å²) in [5, 5.41) is 0. The van der Waals surface area contributed by atoms with E-state index in [1.165, 1.54) is 6.26 Å². The smallest absolute Gasteiger partial charge is 0.211 e. The number of nitrogens with zero attached hydrogens (tertiary/aromatic N) is 2. The maximum absolute atomic E-state index is 11.9. The lowest BCUT2D eigenvalue weighted by molar-refractivity contribution is 0.0309. The third-order valence-corrected chi connectivity index (χ3v) is 5.91. The number of thioether (sulfide) groups is 1. The lowest BCUT2D eigenvalue weighted by Crippen LogP contribution is -2.50. The van der Waals surface area contributed by atoms with Crippen molar-refractivity contribution in [2.24, 2.45) is 0 Å². The van der Waals surface area contributed by atoms with Gasteiger partial charge in [0.25, 0.3) is 0 Å². The molecule has 0 aromatic carbocycles. The second-order valence-electron chi connectivity index (χ2n) is 4.87. The SMILES string of the molecule is CS(=O)(=O)N1CCCSC[C@@H]1CN1CCOCC1. The van der Waals surface area contributed by atoms with Crippen LogP contribution in [0.1, 0.15) is 6.42 Å². The second kappa shape index (κ2) is 6.56. The lowest BCUT2D eigenvalue weighted by atomic mass is 10.2. The maximum Gasteiger partial charge on any atom is 0.211 e. The molecule has 2 heterocycles. The van der Waals surface area contributed by atoms with Gasteiger partial charge in [0.05, 0.1) is 19.5 Å². The number of hydrogen-bond donors (Lipinski definition) is 0. The molecule has 5 nitrogen and oxygen atoms in total. The molecule has 0 unspecified atom stereocenters. The van der Waals surface area contributed by atoms with Gasteiger partial charge in [-0.25, -0.2) is 8.42 Å². The predicted octanol–water partition coefficient (Wildman–Crippen LogP) is 0.0857. The van der Waals surface area contributed by atoms with E-state index in [0.717, 1.165) is 50.8 Å². The van der Waals surface area contributed by atoms with E-state index < -0.39 is 10.0 Å². The molecule has 2 saturated heterocycles. The first kappa shape index (κ1) is 14.6. The van der Waals surface area contributed by atoms with Gasteiger partial charge in [-0.3, -0.25) is 4.90 Å². The Morgan fingerprint density at radius 3 is 2.67 bits per heavy atom. The van der Waals surface area contributed by atoms with Gasteiger partial charge in [0.2, 0.25) is 10.0 Å². The normalized spacial score (nSPS) is 29.1. The molecule has 2 fully saturated rings. The summed E-state index contributed by atoms with van der Waals surface area (Å²) in [5.74, 6) is 1.97. The fraction of sp³-hybridized carbons (Fsp3) is 1.00. The number of ether oxygens (including phenoxy) is 1. The van der Waals surface area contributed by atoms with Crippen LogP contribution < -0.4 is 0 Å². The molecule has 2 aliphatic rings. The van der Waals surface area contributed by atoms with Crippen LogP contribution >= 0.6 is 11.8 Å². The topological polar surface area (TPSA) is 49.9 Å². The van der Waals surface area contributed by atoms with Crippen molar-refractivity contribution in [1.29, 1.82) is 0 Å². The Labute approximate surface area is 114 Å². The Bertz CT molecular complexity index is 355. The molecule has 1 atom stereocenters. The molecule has 0 aromatic rings. The molecule has 0 N–H and O–H groups in total. The highest BCUT2D eigenvalue weighted by atomic mass is 32.2.